The normalized spacial score (nSPS) is 11.2. The lowest BCUT2D eigenvalue weighted by atomic mass is 10.3. The molecule has 3 aromatic rings. The van der Waals surface area contributed by atoms with E-state index in [1.54, 1.807) is 36.4 Å². The first-order valence-corrected chi connectivity index (χ1v) is 13.0. The van der Waals surface area contributed by atoms with E-state index in [1.807, 2.05) is 0 Å². The Kier molecular flexibility index (Phi) is 8.32. The largest absolute Gasteiger partial charge is 0.496 e. The van der Waals surface area contributed by atoms with Crippen LogP contribution in [0.25, 0.3) is 0 Å². The van der Waals surface area contributed by atoms with Gasteiger partial charge in [-0.3, -0.25) is 4.55 Å². The molecule has 0 saturated heterocycles. The van der Waals surface area contributed by atoms with Crippen molar-refractivity contribution in [3.8, 4) is 34.5 Å². The Hall–Kier alpha value is -3.20. The van der Waals surface area contributed by atoms with E-state index in [-0.39, 0.29) is 4.90 Å². The Balaban J connectivity index is 2.56. The monoisotopic (exact) mass is 522 g/mol. The molecule has 9 nitrogen and oxygen atoms in total. The van der Waals surface area contributed by atoms with Gasteiger partial charge in [0, 0.05) is 37.5 Å². The van der Waals surface area contributed by atoms with Gasteiger partial charge in [0.25, 0.3) is 10.1 Å². The van der Waals surface area contributed by atoms with Gasteiger partial charge in [0.1, 0.15) is 39.4 Å². The van der Waals surface area contributed by atoms with E-state index >= 15 is 0 Å². The van der Waals surface area contributed by atoms with E-state index in [0.29, 0.717) is 50.4 Å². The van der Waals surface area contributed by atoms with Gasteiger partial charge in [-0.15, -0.1) is 0 Å². The van der Waals surface area contributed by atoms with Gasteiger partial charge in [-0.1, -0.05) is 18.2 Å². The van der Waals surface area contributed by atoms with Crippen LogP contribution in [0.15, 0.2) is 53.4 Å². The predicted molar refractivity (Wildman–Crippen MR) is 134 cm³/mol. The fourth-order valence-electron chi connectivity index (χ4n) is 3.63. The number of hydrogen-bond acceptors (Lipinski definition) is 8. The molecule has 35 heavy (non-hydrogen) atoms. The average Bonchev–Trinajstić information content (AvgIpc) is 2.88. The maximum Gasteiger partial charge on any atom is 0.295 e. The first-order chi connectivity index (χ1) is 16.7. The molecule has 0 aliphatic heterocycles. The van der Waals surface area contributed by atoms with Gasteiger partial charge >= 0.3 is 0 Å². The SMILES string of the molecule is COc1cc(OC)c(P(c2ccccc2S(=O)(=O)O)c2c(OC)cc(OC)cc2OC)c(OC)c1. The standard InChI is InChI=1S/C24H27O9PS/c1-28-15-11-17(30-3)23(18(12-15)31-4)34(21-9-7-8-10-22(21)35(25,26)27)24-19(32-5)13-16(29-2)14-20(24)33-6/h7-14H,1-6H3,(H,25,26,27). The molecule has 0 aliphatic carbocycles. The zero-order valence-corrected chi connectivity index (χ0v) is 21.9. The van der Waals surface area contributed by atoms with Gasteiger partial charge < -0.3 is 28.4 Å². The summed E-state index contributed by atoms with van der Waals surface area (Å²) in [6.07, 6.45) is 0. The summed E-state index contributed by atoms with van der Waals surface area (Å²) in [6.45, 7) is 0. The summed E-state index contributed by atoms with van der Waals surface area (Å²) in [7, 11) is 2.56. The predicted octanol–water partition coefficient (Wildman–Crippen LogP) is 2.74. The number of rotatable bonds is 10. The lowest BCUT2D eigenvalue weighted by Crippen LogP contribution is -2.28. The lowest BCUT2D eigenvalue weighted by Gasteiger charge is -2.28. The van der Waals surface area contributed by atoms with Crippen LogP contribution in [0.2, 0.25) is 0 Å². The molecule has 1 N–H and O–H groups in total. The maximum absolute atomic E-state index is 12.4. The fraction of sp³-hybridized carbons (Fsp3) is 0.250. The molecule has 0 atom stereocenters. The summed E-state index contributed by atoms with van der Waals surface area (Å²) >= 11 is 0. The van der Waals surface area contributed by atoms with Gasteiger partial charge in [-0.2, -0.15) is 8.42 Å². The Morgan fingerprint density at radius 2 is 1.00 bits per heavy atom. The minimum atomic E-state index is -4.59. The lowest BCUT2D eigenvalue weighted by molar-refractivity contribution is 0.379. The number of benzene rings is 3. The molecule has 3 aromatic carbocycles. The molecule has 11 heteroatoms. The van der Waals surface area contributed by atoms with Crippen molar-refractivity contribution in [3.63, 3.8) is 0 Å². The quantitative estimate of drug-likeness (QED) is 0.318. The number of ether oxygens (including phenoxy) is 6. The molecule has 0 heterocycles. The van der Waals surface area contributed by atoms with Crippen LogP contribution < -0.4 is 44.3 Å². The van der Waals surface area contributed by atoms with E-state index in [1.165, 1.54) is 54.8 Å². The molecule has 0 fully saturated rings. The molecule has 0 spiro atoms. The number of methoxy groups -OCH3 is 6. The highest BCUT2D eigenvalue weighted by Crippen LogP contribution is 2.48. The average molecular weight is 523 g/mol. The summed E-state index contributed by atoms with van der Waals surface area (Å²) in [4.78, 5) is -0.258. The van der Waals surface area contributed by atoms with Crippen molar-refractivity contribution in [2.45, 2.75) is 4.90 Å². The number of hydrogen-bond donors (Lipinski definition) is 1. The molecule has 0 aromatic heterocycles. The smallest absolute Gasteiger partial charge is 0.295 e. The Labute approximate surface area is 206 Å². The van der Waals surface area contributed by atoms with E-state index < -0.39 is 18.0 Å². The third kappa shape index (κ3) is 5.24. The Morgan fingerprint density at radius 1 is 0.629 bits per heavy atom. The van der Waals surface area contributed by atoms with Crippen molar-refractivity contribution in [1.29, 1.82) is 0 Å². The van der Waals surface area contributed by atoms with Crippen LogP contribution >= 0.6 is 7.92 Å². The van der Waals surface area contributed by atoms with Crippen LogP contribution in [0.3, 0.4) is 0 Å². The molecule has 0 aliphatic rings. The van der Waals surface area contributed by atoms with Crippen LogP contribution in [-0.2, 0) is 10.1 Å². The first-order valence-electron chi connectivity index (χ1n) is 10.2. The van der Waals surface area contributed by atoms with Crippen molar-refractivity contribution in [1.82, 2.24) is 0 Å². The van der Waals surface area contributed by atoms with Crippen molar-refractivity contribution in [3.05, 3.63) is 48.5 Å². The zero-order chi connectivity index (χ0) is 25.8. The van der Waals surface area contributed by atoms with Crippen LogP contribution in [-0.4, -0.2) is 55.6 Å². The molecule has 0 unspecified atom stereocenters. The zero-order valence-electron chi connectivity index (χ0n) is 20.2. The van der Waals surface area contributed by atoms with Crippen molar-refractivity contribution in [2.24, 2.45) is 0 Å². The molecule has 0 bridgehead atoms. The molecule has 188 valence electrons. The summed E-state index contributed by atoms with van der Waals surface area (Å²) in [5.41, 5.74) is 0. The molecular weight excluding hydrogens is 495 g/mol. The molecule has 0 amide bonds. The summed E-state index contributed by atoms with van der Waals surface area (Å²) in [5.74, 6) is 2.51. The van der Waals surface area contributed by atoms with Crippen LogP contribution in [0.1, 0.15) is 0 Å². The second kappa shape index (κ2) is 11.0. The minimum absolute atomic E-state index is 0.258. The van der Waals surface area contributed by atoms with Gasteiger partial charge in [-0.25, -0.2) is 0 Å². The third-order valence-corrected chi connectivity index (χ3v) is 8.92. The Bertz CT molecular complexity index is 1190. The van der Waals surface area contributed by atoms with E-state index in [4.69, 9.17) is 28.4 Å². The van der Waals surface area contributed by atoms with Crippen molar-refractivity contribution >= 4 is 34.0 Å². The van der Waals surface area contributed by atoms with Gasteiger partial charge in [-0.05, 0) is 6.07 Å². The van der Waals surface area contributed by atoms with Crippen molar-refractivity contribution < 1.29 is 41.4 Å². The Morgan fingerprint density at radius 3 is 1.31 bits per heavy atom. The van der Waals surface area contributed by atoms with E-state index in [2.05, 4.69) is 0 Å². The van der Waals surface area contributed by atoms with Gasteiger partial charge in [0.05, 0.1) is 53.3 Å². The summed E-state index contributed by atoms with van der Waals surface area (Å²) in [5, 5.41) is 1.38. The maximum atomic E-state index is 12.4. The summed E-state index contributed by atoms with van der Waals surface area (Å²) < 4.78 is 68.6. The highest BCUT2D eigenvalue weighted by atomic mass is 32.2. The van der Waals surface area contributed by atoms with Gasteiger partial charge in [0.15, 0.2) is 0 Å². The van der Waals surface area contributed by atoms with E-state index in [9.17, 15) is 13.0 Å². The highest BCUT2D eigenvalue weighted by Gasteiger charge is 2.34. The second-order valence-corrected chi connectivity index (χ2v) is 10.5. The molecular formula is C24H27O9PS. The first kappa shape index (κ1) is 26.4. The molecule has 0 saturated carbocycles. The van der Waals surface area contributed by atoms with Crippen LogP contribution in [0.4, 0.5) is 0 Å². The topological polar surface area (TPSA) is 110 Å². The van der Waals surface area contributed by atoms with Gasteiger partial charge in [0.2, 0.25) is 0 Å². The van der Waals surface area contributed by atoms with Crippen molar-refractivity contribution in [2.75, 3.05) is 42.7 Å². The summed E-state index contributed by atoms with van der Waals surface area (Å²) in [6, 6.07) is 12.9. The fourth-order valence-corrected chi connectivity index (χ4v) is 7.57. The minimum Gasteiger partial charge on any atom is -0.496 e. The third-order valence-electron chi connectivity index (χ3n) is 5.21. The van der Waals surface area contributed by atoms with Crippen LogP contribution in [0, 0.1) is 0 Å². The molecule has 3 rings (SSSR count). The van der Waals surface area contributed by atoms with Crippen LogP contribution in [0.5, 0.6) is 34.5 Å². The van der Waals surface area contributed by atoms with E-state index in [0.717, 1.165) is 0 Å². The molecule has 0 radical (unpaired) electrons. The second-order valence-electron chi connectivity index (χ2n) is 7.04. The highest BCUT2D eigenvalue weighted by molar-refractivity contribution is 7.88.